The molecule has 4 nitrogen and oxygen atoms in total. The van der Waals surface area contributed by atoms with Crippen LogP contribution in [-0.2, 0) is 0 Å². The summed E-state index contributed by atoms with van der Waals surface area (Å²) in [4.78, 5) is 8.60. The van der Waals surface area contributed by atoms with Crippen molar-refractivity contribution in [3.8, 4) is 0 Å². The first-order valence-corrected chi connectivity index (χ1v) is 7.32. The molecule has 1 atom stereocenters. The molecule has 0 amide bonds. The topological polar surface area (TPSA) is 49.8 Å². The zero-order valence-corrected chi connectivity index (χ0v) is 11.7. The maximum absolute atomic E-state index is 4.44. The van der Waals surface area contributed by atoms with Gasteiger partial charge in [-0.05, 0) is 31.8 Å². The number of nitrogens with zero attached hydrogens (tertiary/aromatic N) is 2. The number of hydrogen-bond donors (Lipinski definition) is 2. The summed E-state index contributed by atoms with van der Waals surface area (Å²) in [6.45, 7) is 7.28. The Morgan fingerprint density at radius 2 is 2.06 bits per heavy atom. The first kappa shape index (κ1) is 14.1. The van der Waals surface area contributed by atoms with Crippen molar-refractivity contribution in [2.24, 2.45) is 0 Å². The van der Waals surface area contributed by atoms with Crippen LogP contribution in [0.25, 0.3) is 0 Å². The van der Waals surface area contributed by atoms with Crippen LogP contribution in [0.2, 0.25) is 0 Å². The average Bonchev–Trinajstić information content (AvgIpc) is 2.30. The molecule has 0 saturated carbocycles. The van der Waals surface area contributed by atoms with E-state index < -0.39 is 0 Å². The molecule has 5 heteroatoms. The molecule has 0 aromatic carbocycles. The van der Waals surface area contributed by atoms with Gasteiger partial charge in [0, 0.05) is 12.6 Å². The Kier molecular flexibility index (Phi) is 6.77. The molecule has 0 aliphatic rings. The van der Waals surface area contributed by atoms with Crippen molar-refractivity contribution in [1.82, 2.24) is 9.97 Å². The van der Waals surface area contributed by atoms with Crippen molar-refractivity contribution in [2.45, 2.75) is 33.2 Å². The third kappa shape index (κ3) is 5.77. The zero-order valence-electron chi connectivity index (χ0n) is 10.9. The highest BCUT2D eigenvalue weighted by Crippen LogP contribution is 2.10. The fourth-order valence-corrected chi connectivity index (χ4v) is 2.24. The third-order valence-corrected chi connectivity index (χ3v) is 3.22. The second-order valence-electron chi connectivity index (χ2n) is 3.85. The van der Waals surface area contributed by atoms with Gasteiger partial charge in [0.25, 0.3) is 0 Å². The highest BCUT2D eigenvalue weighted by Gasteiger charge is 2.03. The Hall–Kier alpha value is -0.970. The van der Waals surface area contributed by atoms with Crippen LogP contribution in [0.1, 0.15) is 27.2 Å². The Labute approximate surface area is 108 Å². The van der Waals surface area contributed by atoms with Gasteiger partial charge in [-0.1, -0.05) is 6.92 Å². The number of nitrogens with one attached hydrogen (secondary N) is 2. The molecule has 1 unspecified atom stereocenters. The van der Waals surface area contributed by atoms with Gasteiger partial charge in [0.1, 0.15) is 11.6 Å². The lowest BCUT2D eigenvalue weighted by molar-refractivity contribution is 0.765. The quantitative estimate of drug-likeness (QED) is 0.699. The van der Waals surface area contributed by atoms with Crippen LogP contribution in [0, 0.1) is 0 Å². The smallest absolute Gasteiger partial charge is 0.147 e. The lowest BCUT2D eigenvalue weighted by Crippen LogP contribution is -2.17. The Balaban J connectivity index is 2.41. The number of rotatable bonds is 8. The molecular formula is C12H22N4S. The van der Waals surface area contributed by atoms with E-state index >= 15 is 0 Å². The minimum absolute atomic E-state index is 0.431. The van der Waals surface area contributed by atoms with Crippen molar-refractivity contribution in [3.05, 3.63) is 12.4 Å². The van der Waals surface area contributed by atoms with Crippen LogP contribution >= 0.6 is 11.8 Å². The van der Waals surface area contributed by atoms with Gasteiger partial charge < -0.3 is 10.6 Å². The molecule has 0 saturated heterocycles. The summed E-state index contributed by atoms with van der Waals surface area (Å²) in [5.74, 6) is 4.04. The lowest BCUT2D eigenvalue weighted by Gasteiger charge is -2.14. The van der Waals surface area contributed by atoms with Gasteiger partial charge in [0.15, 0.2) is 0 Å². The normalized spacial score (nSPS) is 12.2. The van der Waals surface area contributed by atoms with Gasteiger partial charge in [-0.15, -0.1) is 0 Å². The fraction of sp³-hybridized carbons (Fsp3) is 0.667. The molecule has 1 aromatic rings. The Bertz CT molecular complexity index is 319. The van der Waals surface area contributed by atoms with Crippen LogP contribution < -0.4 is 10.6 Å². The summed E-state index contributed by atoms with van der Waals surface area (Å²) >= 11 is 1.97. The van der Waals surface area contributed by atoms with Crippen molar-refractivity contribution in [1.29, 1.82) is 0 Å². The summed E-state index contributed by atoms with van der Waals surface area (Å²) in [7, 11) is 0. The van der Waals surface area contributed by atoms with Gasteiger partial charge in [-0.2, -0.15) is 11.8 Å². The highest BCUT2D eigenvalue weighted by atomic mass is 32.2. The van der Waals surface area contributed by atoms with Gasteiger partial charge in [0.2, 0.25) is 0 Å². The van der Waals surface area contributed by atoms with E-state index in [9.17, 15) is 0 Å². The number of anilines is 2. The molecule has 0 aliphatic heterocycles. The van der Waals surface area contributed by atoms with Gasteiger partial charge in [-0.25, -0.2) is 4.98 Å². The van der Waals surface area contributed by atoms with Crippen molar-refractivity contribution < 1.29 is 0 Å². The summed E-state index contributed by atoms with van der Waals surface area (Å²) in [6, 6.07) is 0.431. The van der Waals surface area contributed by atoms with Crippen LogP contribution in [0.15, 0.2) is 12.4 Å². The third-order valence-electron chi connectivity index (χ3n) is 2.29. The average molecular weight is 254 g/mol. The van der Waals surface area contributed by atoms with Gasteiger partial charge in [-0.3, -0.25) is 4.98 Å². The van der Waals surface area contributed by atoms with Crippen molar-refractivity contribution in [3.63, 3.8) is 0 Å². The van der Waals surface area contributed by atoms with Crippen LogP contribution in [0.5, 0.6) is 0 Å². The minimum Gasteiger partial charge on any atom is -0.369 e. The SMILES string of the molecule is CCNc1cncc(NC(C)CCSCC)n1. The van der Waals surface area contributed by atoms with Crippen molar-refractivity contribution in [2.75, 3.05) is 28.7 Å². The number of thioether (sulfide) groups is 1. The molecule has 0 spiro atoms. The van der Waals surface area contributed by atoms with Crippen LogP contribution in [-0.4, -0.2) is 34.1 Å². The first-order chi connectivity index (χ1) is 8.26. The summed E-state index contributed by atoms with van der Waals surface area (Å²) in [5.41, 5.74) is 0. The van der Waals surface area contributed by atoms with Crippen LogP contribution in [0.4, 0.5) is 11.6 Å². The maximum atomic E-state index is 4.44. The Morgan fingerprint density at radius 1 is 1.29 bits per heavy atom. The van der Waals surface area contributed by atoms with E-state index in [1.54, 1.807) is 12.4 Å². The number of hydrogen-bond acceptors (Lipinski definition) is 5. The second kappa shape index (κ2) is 8.17. The highest BCUT2D eigenvalue weighted by molar-refractivity contribution is 7.99. The molecule has 2 N–H and O–H groups in total. The second-order valence-corrected chi connectivity index (χ2v) is 5.24. The molecule has 1 rings (SSSR count). The zero-order chi connectivity index (χ0) is 12.5. The first-order valence-electron chi connectivity index (χ1n) is 6.16. The molecule has 0 aliphatic carbocycles. The van der Waals surface area contributed by atoms with Gasteiger partial charge >= 0.3 is 0 Å². The van der Waals surface area contributed by atoms with Gasteiger partial charge in [0.05, 0.1) is 12.4 Å². The van der Waals surface area contributed by atoms with E-state index in [1.165, 1.54) is 11.5 Å². The molecule has 0 radical (unpaired) electrons. The van der Waals surface area contributed by atoms with Crippen molar-refractivity contribution >= 4 is 23.4 Å². The van der Waals surface area contributed by atoms with E-state index in [-0.39, 0.29) is 0 Å². The lowest BCUT2D eigenvalue weighted by atomic mass is 10.2. The molecule has 1 heterocycles. The van der Waals surface area contributed by atoms with Crippen LogP contribution in [0.3, 0.4) is 0 Å². The van der Waals surface area contributed by atoms with E-state index in [4.69, 9.17) is 0 Å². The predicted octanol–water partition coefficient (Wildman–Crippen LogP) is 2.85. The molecular weight excluding hydrogens is 232 g/mol. The largest absolute Gasteiger partial charge is 0.369 e. The summed E-state index contributed by atoms with van der Waals surface area (Å²) in [6.07, 6.45) is 4.65. The fourth-order valence-electron chi connectivity index (χ4n) is 1.43. The minimum atomic E-state index is 0.431. The van der Waals surface area contributed by atoms with E-state index in [0.717, 1.165) is 24.6 Å². The van der Waals surface area contributed by atoms with E-state index in [1.807, 2.05) is 18.7 Å². The standard InChI is InChI=1S/C12H22N4S/c1-4-14-11-8-13-9-12(16-11)15-10(3)6-7-17-5-2/h8-10H,4-7H2,1-3H3,(H2,14,15,16). The van der Waals surface area contributed by atoms with E-state index in [2.05, 4.69) is 34.4 Å². The molecule has 17 heavy (non-hydrogen) atoms. The summed E-state index contributed by atoms with van der Waals surface area (Å²) in [5, 5.41) is 6.53. The Morgan fingerprint density at radius 3 is 2.76 bits per heavy atom. The molecule has 0 fully saturated rings. The maximum Gasteiger partial charge on any atom is 0.147 e. The monoisotopic (exact) mass is 254 g/mol. The van der Waals surface area contributed by atoms with E-state index in [0.29, 0.717) is 6.04 Å². The predicted molar refractivity (Wildman–Crippen MR) is 76.9 cm³/mol. The molecule has 0 bridgehead atoms. The number of aromatic nitrogens is 2. The molecule has 1 aromatic heterocycles. The molecule has 96 valence electrons. The summed E-state index contributed by atoms with van der Waals surface area (Å²) < 4.78 is 0.